The van der Waals surface area contributed by atoms with Gasteiger partial charge >= 0.3 is 0 Å². The predicted octanol–water partition coefficient (Wildman–Crippen LogP) is 5.43. The average Bonchev–Trinajstić information content (AvgIpc) is 3.15. The standard InChI is InChI=1S/C29H20BN/c1-19-16-17-20-8-6-14-26(23(20)18-19)31-27-13-5-4-12-25(27)30-24-11-3-2-9-21(24)22-10-7-15-28(31)29(22)30/h2-18H,1H3. The van der Waals surface area contributed by atoms with Gasteiger partial charge in [0.25, 0.3) is 0 Å². The first-order valence-corrected chi connectivity index (χ1v) is 10.9. The van der Waals surface area contributed by atoms with E-state index in [2.05, 4.69) is 115 Å². The van der Waals surface area contributed by atoms with Crippen molar-refractivity contribution in [3.05, 3.63) is 109 Å². The van der Waals surface area contributed by atoms with E-state index in [-0.39, 0.29) is 0 Å². The minimum atomic E-state index is 0.298. The molecule has 0 spiro atoms. The normalized spacial score (nSPS) is 13.2. The molecule has 2 heterocycles. The van der Waals surface area contributed by atoms with Gasteiger partial charge in [-0.25, -0.2) is 0 Å². The quantitative estimate of drug-likeness (QED) is 0.336. The summed E-state index contributed by atoms with van der Waals surface area (Å²) in [4.78, 5) is 2.48. The summed E-state index contributed by atoms with van der Waals surface area (Å²) in [6, 6.07) is 38.0. The van der Waals surface area contributed by atoms with Crippen LogP contribution in [0.3, 0.4) is 0 Å². The highest BCUT2D eigenvalue weighted by molar-refractivity contribution is 7.01. The Bertz CT molecular complexity index is 1520. The van der Waals surface area contributed by atoms with Crippen molar-refractivity contribution in [2.45, 2.75) is 6.92 Å². The molecule has 0 saturated carbocycles. The van der Waals surface area contributed by atoms with Crippen molar-refractivity contribution >= 4 is 50.9 Å². The van der Waals surface area contributed by atoms with Gasteiger partial charge in [-0.1, -0.05) is 89.9 Å². The lowest BCUT2D eigenvalue weighted by Crippen LogP contribution is -2.54. The Morgan fingerprint density at radius 1 is 0.581 bits per heavy atom. The Balaban J connectivity index is 1.60. The summed E-state index contributed by atoms with van der Waals surface area (Å²) in [6.07, 6.45) is 0. The average molecular weight is 393 g/mol. The van der Waals surface area contributed by atoms with Crippen LogP contribution in [0.1, 0.15) is 5.56 Å². The minimum Gasteiger partial charge on any atom is -0.311 e. The molecule has 0 bridgehead atoms. The highest BCUT2D eigenvalue weighted by Crippen LogP contribution is 2.42. The number of nitrogens with zero attached hydrogens (tertiary/aromatic N) is 1. The molecule has 0 aromatic heterocycles. The molecule has 0 aliphatic carbocycles. The smallest absolute Gasteiger partial charge is 0.248 e. The second-order valence-electron chi connectivity index (χ2n) is 8.65. The van der Waals surface area contributed by atoms with Crippen LogP contribution < -0.4 is 21.3 Å². The molecule has 0 radical (unpaired) electrons. The number of anilines is 3. The van der Waals surface area contributed by atoms with Gasteiger partial charge in [0, 0.05) is 16.8 Å². The Hall–Kier alpha value is -3.78. The zero-order valence-corrected chi connectivity index (χ0v) is 17.3. The number of benzene rings is 5. The SMILES string of the molecule is Cc1ccc2cccc(N3c4ccccc4B4c5ccccc5-c5cccc3c54)c2c1. The lowest BCUT2D eigenvalue weighted by molar-refractivity contribution is 1.31. The number of hydrogen-bond donors (Lipinski definition) is 0. The zero-order chi connectivity index (χ0) is 20.5. The maximum Gasteiger partial charge on any atom is 0.248 e. The van der Waals surface area contributed by atoms with Crippen molar-refractivity contribution in [3.8, 4) is 11.1 Å². The van der Waals surface area contributed by atoms with Crippen LogP contribution in [0, 0.1) is 6.92 Å². The van der Waals surface area contributed by atoms with E-state index in [1.54, 1.807) is 0 Å². The Labute approximate surface area is 182 Å². The van der Waals surface area contributed by atoms with Gasteiger partial charge in [0.2, 0.25) is 6.71 Å². The third-order valence-electron chi connectivity index (χ3n) is 6.92. The minimum absolute atomic E-state index is 0.298. The number of fused-ring (bicyclic) bond motifs is 6. The van der Waals surface area contributed by atoms with Crippen LogP contribution in [-0.4, -0.2) is 6.71 Å². The number of rotatable bonds is 1. The molecule has 5 aromatic rings. The van der Waals surface area contributed by atoms with Gasteiger partial charge < -0.3 is 4.90 Å². The van der Waals surface area contributed by atoms with Crippen molar-refractivity contribution in [1.29, 1.82) is 0 Å². The number of hydrogen-bond acceptors (Lipinski definition) is 1. The molecule has 0 atom stereocenters. The van der Waals surface area contributed by atoms with Crippen LogP contribution in [0.4, 0.5) is 17.1 Å². The molecule has 2 aliphatic heterocycles. The molecule has 0 N–H and O–H groups in total. The third-order valence-corrected chi connectivity index (χ3v) is 6.92. The summed E-state index contributed by atoms with van der Waals surface area (Å²) < 4.78 is 0. The fourth-order valence-electron chi connectivity index (χ4n) is 5.65. The first kappa shape index (κ1) is 17.0. The van der Waals surface area contributed by atoms with E-state index in [0.717, 1.165) is 0 Å². The maximum absolute atomic E-state index is 2.48. The van der Waals surface area contributed by atoms with Gasteiger partial charge in [-0.2, -0.15) is 0 Å². The van der Waals surface area contributed by atoms with E-state index in [1.807, 2.05) is 0 Å². The van der Waals surface area contributed by atoms with E-state index >= 15 is 0 Å². The molecule has 0 saturated heterocycles. The second-order valence-corrected chi connectivity index (χ2v) is 8.65. The zero-order valence-electron chi connectivity index (χ0n) is 17.3. The van der Waals surface area contributed by atoms with Crippen LogP contribution in [0.25, 0.3) is 21.9 Å². The van der Waals surface area contributed by atoms with Crippen LogP contribution in [0.5, 0.6) is 0 Å². The molecule has 0 unspecified atom stereocenters. The fourth-order valence-corrected chi connectivity index (χ4v) is 5.65. The van der Waals surface area contributed by atoms with Crippen LogP contribution in [0.15, 0.2) is 103 Å². The van der Waals surface area contributed by atoms with Crippen molar-refractivity contribution < 1.29 is 0 Å². The molecule has 7 rings (SSSR count). The monoisotopic (exact) mass is 393 g/mol. The molecule has 2 aliphatic rings. The van der Waals surface area contributed by atoms with Gasteiger partial charge in [-0.3, -0.25) is 0 Å². The Morgan fingerprint density at radius 3 is 2.23 bits per heavy atom. The van der Waals surface area contributed by atoms with Crippen LogP contribution in [-0.2, 0) is 0 Å². The van der Waals surface area contributed by atoms with Gasteiger partial charge in [-0.05, 0) is 58.6 Å². The number of para-hydroxylation sites is 1. The van der Waals surface area contributed by atoms with Crippen molar-refractivity contribution in [2.24, 2.45) is 0 Å². The fraction of sp³-hybridized carbons (Fsp3) is 0.0345. The molecule has 31 heavy (non-hydrogen) atoms. The van der Waals surface area contributed by atoms with E-state index < -0.39 is 0 Å². The van der Waals surface area contributed by atoms with Crippen LogP contribution in [0.2, 0.25) is 0 Å². The largest absolute Gasteiger partial charge is 0.311 e. The van der Waals surface area contributed by atoms with E-state index in [9.17, 15) is 0 Å². The molecular formula is C29H20BN. The number of aryl methyl sites for hydroxylation is 1. The molecule has 1 nitrogen and oxygen atoms in total. The summed E-state index contributed by atoms with van der Waals surface area (Å²) in [6.45, 7) is 2.47. The summed E-state index contributed by atoms with van der Waals surface area (Å²) >= 11 is 0. The predicted molar refractivity (Wildman–Crippen MR) is 133 cm³/mol. The van der Waals surface area contributed by atoms with Gasteiger partial charge in [0.15, 0.2) is 0 Å². The lowest BCUT2D eigenvalue weighted by Gasteiger charge is -2.36. The molecule has 0 fully saturated rings. The van der Waals surface area contributed by atoms with E-state index in [1.165, 1.54) is 60.9 Å². The third kappa shape index (κ3) is 2.22. The van der Waals surface area contributed by atoms with Crippen molar-refractivity contribution in [1.82, 2.24) is 0 Å². The van der Waals surface area contributed by atoms with E-state index in [4.69, 9.17) is 0 Å². The summed E-state index contributed by atoms with van der Waals surface area (Å²) in [5, 5.41) is 2.57. The summed E-state index contributed by atoms with van der Waals surface area (Å²) in [5.74, 6) is 0. The van der Waals surface area contributed by atoms with Gasteiger partial charge in [0.1, 0.15) is 0 Å². The molecule has 144 valence electrons. The van der Waals surface area contributed by atoms with Crippen LogP contribution >= 0.6 is 0 Å². The summed E-state index contributed by atoms with van der Waals surface area (Å²) in [5.41, 5.74) is 12.1. The van der Waals surface area contributed by atoms with Gasteiger partial charge in [0.05, 0.1) is 5.69 Å². The molecule has 2 heteroatoms. The Kier molecular flexibility index (Phi) is 3.35. The topological polar surface area (TPSA) is 3.24 Å². The highest BCUT2D eigenvalue weighted by atomic mass is 15.2. The molecule has 5 aromatic carbocycles. The second kappa shape index (κ2) is 6.12. The first-order valence-electron chi connectivity index (χ1n) is 10.9. The highest BCUT2D eigenvalue weighted by Gasteiger charge is 2.41. The molecule has 0 amide bonds. The molecular weight excluding hydrogens is 373 g/mol. The maximum atomic E-state index is 2.48. The van der Waals surface area contributed by atoms with Crippen molar-refractivity contribution in [2.75, 3.05) is 4.90 Å². The Morgan fingerprint density at radius 2 is 1.29 bits per heavy atom. The van der Waals surface area contributed by atoms with Crippen molar-refractivity contribution in [3.63, 3.8) is 0 Å². The van der Waals surface area contributed by atoms with Gasteiger partial charge in [-0.15, -0.1) is 0 Å². The lowest BCUT2D eigenvalue weighted by atomic mass is 9.37. The summed E-state index contributed by atoms with van der Waals surface area (Å²) in [7, 11) is 0. The first-order chi connectivity index (χ1) is 15.3. The van der Waals surface area contributed by atoms with E-state index in [0.29, 0.717) is 6.71 Å².